The summed E-state index contributed by atoms with van der Waals surface area (Å²) in [6.07, 6.45) is 1.58. The number of carbonyl (C=O) groups excluding carboxylic acids is 1. The maximum Gasteiger partial charge on any atom is 0.257 e. The average Bonchev–Trinajstić information content (AvgIpc) is 3.46. The summed E-state index contributed by atoms with van der Waals surface area (Å²) in [5, 5.41) is 9.35. The minimum Gasteiger partial charge on any atom is -0.322 e. The lowest BCUT2D eigenvalue weighted by molar-refractivity contribution is 0.102. The number of nitrogens with zero attached hydrogens (tertiary/aromatic N) is 3. The van der Waals surface area contributed by atoms with Crippen LogP contribution in [-0.4, -0.2) is 46.5 Å². The van der Waals surface area contributed by atoms with Crippen LogP contribution in [-0.2, 0) is 16.6 Å². The first-order chi connectivity index (χ1) is 15.8. The van der Waals surface area contributed by atoms with Crippen molar-refractivity contribution in [1.29, 1.82) is 0 Å². The van der Waals surface area contributed by atoms with Crippen molar-refractivity contribution in [3.05, 3.63) is 74.8 Å². The van der Waals surface area contributed by atoms with E-state index in [0.717, 1.165) is 4.88 Å². The number of fused-ring (bicyclic) bond motifs is 1. The number of sulfonamides is 1. The molecule has 0 fully saturated rings. The molecule has 3 aromatic heterocycles. The third-order valence-electron chi connectivity index (χ3n) is 5.25. The molecule has 4 aromatic rings. The number of anilines is 1. The topological polar surface area (TPSA) is 117 Å². The molecule has 0 unspecified atom stereocenters. The van der Waals surface area contributed by atoms with Crippen LogP contribution in [0.3, 0.4) is 0 Å². The van der Waals surface area contributed by atoms with Crippen molar-refractivity contribution in [2.75, 3.05) is 18.4 Å². The van der Waals surface area contributed by atoms with Gasteiger partial charge in [-0.15, -0.1) is 11.3 Å². The molecule has 0 atom stereocenters. The van der Waals surface area contributed by atoms with Crippen molar-refractivity contribution >= 4 is 44.0 Å². The van der Waals surface area contributed by atoms with E-state index in [2.05, 4.69) is 15.4 Å². The van der Waals surface area contributed by atoms with Crippen LogP contribution in [0.2, 0.25) is 0 Å². The van der Waals surface area contributed by atoms with Gasteiger partial charge in [-0.2, -0.15) is 9.40 Å². The van der Waals surface area contributed by atoms with Crippen LogP contribution in [0.4, 0.5) is 5.82 Å². The van der Waals surface area contributed by atoms with E-state index in [0.29, 0.717) is 36.4 Å². The average molecular weight is 486 g/mol. The number of aromatic amines is 1. The van der Waals surface area contributed by atoms with Crippen LogP contribution in [0, 0.1) is 0 Å². The molecule has 0 saturated carbocycles. The van der Waals surface area contributed by atoms with E-state index in [1.165, 1.54) is 28.6 Å². The van der Waals surface area contributed by atoms with Crippen LogP contribution in [0.1, 0.15) is 29.1 Å². The van der Waals surface area contributed by atoms with Gasteiger partial charge in [0.15, 0.2) is 0 Å². The molecule has 1 aromatic carbocycles. The fourth-order valence-electron chi connectivity index (χ4n) is 3.59. The molecule has 0 aliphatic heterocycles. The maximum atomic E-state index is 13.2. The Bertz CT molecular complexity index is 1450. The highest BCUT2D eigenvalue weighted by Gasteiger charge is 2.23. The number of thiophene rings is 1. The Labute approximate surface area is 194 Å². The number of carbonyl (C=O) groups is 1. The first-order valence-corrected chi connectivity index (χ1v) is 12.7. The van der Waals surface area contributed by atoms with Gasteiger partial charge in [0.05, 0.1) is 23.2 Å². The maximum absolute atomic E-state index is 13.2. The molecule has 0 saturated heterocycles. The van der Waals surface area contributed by atoms with E-state index in [1.54, 1.807) is 42.1 Å². The van der Waals surface area contributed by atoms with Crippen molar-refractivity contribution in [1.82, 2.24) is 19.1 Å². The predicted molar refractivity (Wildman–Crippen MR) is 128 cm³/mol. The molecule has 4 rings (SSSR count). The lowest BCUT2D eigenvalue weighted by Crippen LogP contribution is -2.30. The van der Waals surface area contributed by atoms with Crippen LogP contribution in [0.25, 0.3) is 10.9 Å². The molecule has 11 heteroatoms. The fourth-order valence-corrected chi connectivity index (χ4v) is 5.76. The quantitative estimate of drug-likeness (QED) is 0.398. The summed E-state index contributed by atoms with van der Waals surface area (Å²) in [4.78, 5) is 29.2. The van der Waals surface area contributed by atoms with Crippen LogP contribution in [0.5, 0.6) is 0 Å². The van der Waals surface area contributed by atoms with Crippen LogP contribution >= 0.6 is 11.3 Å². The van der Waals surface area contributed by atoms with Crippen molar-refractivity contribution in [2.24, 2.45) is 0 Å². The minimum absolute atomic E-state index is 0.0579. The van der Waals surface area contributed by atoms with Crippen LogP contribution in [0.15, 0.2) is 63.7 Å². The summed E-state index contributed by atoms with van der Waals surface area (Å²) in [5.74, 6) is -0.0647. The third kappa shape index (κ3) is 4.61. The fraction of sp³-hybridized carbons (Fsp3) is 0.227. The van der Waals surface area contributed by atoms with Gasteiger partial charge in [0.1, 0.15) is 5.82 Å². The molecule has 0 radical (unpaired) electrons. The van der Waals surface area contributed by atoms with Gasteiger partial charge in [-0.05, 0) is 29.6 Å². The molecular weight excluding hydrogens is 462 g/mol. The Morgan fingerprint density at radius 1 is 1.18 bits per heavy atom. The normalized spacial score (nSPS) is 11.8. The number of H-pyrrole nitrogens is 1. The summed E-state index contributed by atoms with van der Waals surface area (Å²) in [5.41, 5.74) is -0.00782. The zero-order valence-corrected chi connectivity index (χ0v) is 19.7. The molecule has 33 heavy (non-hydrogen) atoms. The second-order valence-corrected chi connectivity index (χ2v) is 10.2. The van der Waals surface area contributed by atoms with Crippen molar-refractivity contribution < 1.29 is 13.2 Å². The van der Waals surface area contributed by atoms with E-state index in [1.807, 2.05) is 17.5 Å². The molecule has 1 amide bonds. The number of pyridine rings is 1. The van der Waals surface area contributed by atoms with E-state index in [4.69, 9.17) is 0 Å². The second kappa shape index (κ2) is 9.30. The highest BCUT2D eigenvalue weighted by atomic mass is 32.2. The predicted octanol–water partition coefficient (Wildman–Crippen LogP) is 3.12. The van der Waals surface area contributed by atoms with E-state index in [9.17, 15) is 18.0 Å². The molecule has 2 N–H and O–H groups in total. The molecular formula is C22H23N5O4S2. The van der Waals surface area contributed by atoms with Gasteiger partial charge in [0, 0.05) is 41.0 Å². The molecule has 3 heterocycles. The van der Waals surface area contributed by atoms with E-state index in [-0.39, 0.29) is 10.5 Å². The SMILES string of the molecule is CCN(CC)S(=O)(=O)c1ccc2[nH]c(=O)cc(C(=O)Nc3ccnn3Cc3cccs3)c2c1. The highest BCUT2D eigenvalue weighted by Crippen LogP contribution is 2.24. The Morgan fingerprint density at radius 2 is 1.97 bits per heavy atom. The van der Waals surface area contributed by atoms with Crippen molar-refractivity contribution in [2.45, 2.75) is 25.3 Å². The lowest BCUT2D eigenvalue weighted by Gasteiger charge is -2.19. The Hall–Kier alpha value is -3.28. The monoisotopic (exact) mass is 485 g/mol. The molecule has 0 aliphatic carbocycles. The summed E-state index contributed by atoms with van der Waals surface area (Å²) in [7, 11) is -3.73. The van der Waals surface area contributed by atoms with Gasteiger partial charge >= 0.3 is 0 Å². The smallest absolute Gasteiger partial charge is 0.257 e. The van der Waals surface area contributed by atoms with E-state index >= 15 is 0 Å². The number of hydrogen-bond acceptors (Lipinski definition) is 6. The molecule has 9 nitrogen and oxygen atoms in total. The molecule has 0 spiro atoms. The van der Waals surface area contributed by atoms with Crippen molar-refractivity contribution in [3.8, 4) is 0 Å². The van der Waals surface area contributed by atoms with Gasteiger partial charge in [0.2, 0.25) is 15.6 Å². The largest absolute Gasteiger partial charge is 0.322 e. The molecule has 0 aliphatic rings. The van der Waals surface area contributed by atoms with Gasteiger partial charge in [0.25, 0.3) is 5.91 Å². The highest BCUT2D eigenvalue weighted by molar-refractivity contribution is 7.89. The van der Waals surface area contributed by atoms with E-state index < -0.39 is 21.5 Å². The second-order valence-electron chi connectivity index (χ2n) is 7.25. The van der Waals surface area contributed by atoms with Gasteiger partial charge < -0.3 is 10.3 Å². The zero-order chi connectivity index (χ0) is 23.6. The van der Waals surface area contributed by atoms with Gasteiger partial charge in [-0.1, -0.05) is 19.9 Å². The Morgan fingerprint density at radius 3 is 2.67 bits per heavy atom. The number of rotatable bonds is 8. The molecule has 172 valence electrons. The summed E-state index contributed by atoms with van der Waals surface area (Å²) in [6, 6.07) is 11.1. The summed E-state index contributed by atoms with van der Waals surface area (Å²) < 4.78 is 28.9. The standard InChI is InChI=1S/C22H23N5O4S2/c1-3-26(4-2)33(30,31)16-7-8-19-17(12-16)18(13-21(28)24-19)22(29)25-20-9-10-23-27(20)14-15-6-5-11-32-15/h5-13H,3-4,14H2,1-2H3,(H,24,28)(H,25,29). The summed E-state index contributed by atoms with van der Waals surface area (Å²) in [6.45, 7) is 4.66. The lowest BCUT2D eigenvalue weighted by atomic mass is 10.1. The van der Waals surface area contributed by atoms with Crippen LogP contribution < -0.4 is 10.9 Å². The number of nitrogens with one attached hydrogen (secondary N) is 2. The minimum atomic E-state index is -3.73. The Balaban J connectivity index is 1.72. The molecule has 0 bridgehead atoms. The first-order valence-electron chi connectivity index (χ1n) is 10.4. The zero-order valence-electron chi connectivity index (χ0n) is 18.1. The third-order valence-corrected chi connectivity index (χ3v) is 8.15. The van der Waals surface area contributed by atoms with Gasteiger partial charge in [-0.25, -0.2) is 13.1 Å². The number of benzene rings is 1. The number of aromatic nitrogens is 3. The summed E-state index contributed by atoms with van der Waals surface area (Å²) >= 11 is 1.58. The number of hydrogen-bond donors (Lipinski definition) is 2. The first kappa shape index (κ1) is 22.9. The van der Waals surface area contributed by atoms with Gasteiger partial charge in [-0.3, -0.25) is 9.59 Å². The Kier molecular flexibility index (Phi) is 6.45. The number of amides is 1. The van der Waals surface area contributed by atoms with Crippen molar-refractivity contribution in [3.63, 3.8) is 0 Å².